The third kappa shape index (κ3) is 2.88. The largest absolute Gasteiger partial charge is 0.378 e. The van der Waals surface area contributed by atoms with Crippen LogP contribution < -0.4 is 0 Å². The van der Waals surface area contributed by atoms with Gasteiger partial charge in [-0.2, -0.15) is 0 Å². The highest BCUT2D eigenvalue weighted by Crippen LogP contribution is 2.37. The molecular weight excluding hydrogens is 251 g/mol. The first-order chi connectivity index (χ1) is 7.16. The van der Waals surface area contributed by atoms with Crippen molar-refractivity contribution in [2.24, 2.45) is 0 Å². The summed E-state index contributed by atoms with van der Waals surface area (Å²) in [5.41, 5.74) is 1.12. The van der Waals surface area contributed by atoms with Crippen LogP contribution in [0.5, 0.6) is 0 Å². The van der Waals surface area contributed by atoms with Crippen molar-refractivity contribution < 1.29 is 4.74 Å². The van der Waals surface area contributed by atoms with Crippen LogP contribution in [0.15, 0.2) is 6.07 Å². The van der Waals surface area contributed by atoms with Gasteiger partial charge in [0.15, 0.2) is 0 Å². The van der Waals surface area contributed by atoms with Gasteiger partial charge in [0.2, 0.25) is 0 Å². The molecule has 15 heavy (non-hydrogen) atoms. The number of hydrogen-bond donors (Lipinski definition) is 0. The molecule has 2 heterocycles. The topological polar surface area (TPSA) is 9.23 Å². The third-order valence-electron chi connectivity index (χ3n) is 2.68. The number of hydrogen-bond acceptors (Lipinski definition) is 2. The van der Waals surface area contributed by atoms with Crippen molar-refractivity contribution in [3.05, 3.63) is 20.8 Å². The van der Waals surface area contributed by atoms with Crippen molar-refractivity contribution >= 4 is 34.5 Å². The summed E-state index contributed by atoms with van der Waals surface area (Å²) >= 11 is 13.9. The van der Waals surface area contributed by atoms with Gasteiger partial charge in [0.1, 0.15) is 0 Å². The summed E-state index contributed by atoms with van der Waals surface area (Å²) in [5, 5.41) is 0.0456. The molecule has 1 aliphatic heterocycles. The van der Waals surface area contributed by atoms with E-state index < -0.39 is 0 Å². The predicted octanol–water partition coefficient (Wildman–Crippen LogP) is 4.56. The summed E-state index contributed by atoms with van der Waals surface area (Å²) in [5.74, 6) is 0. The van der Waals surface area contributed by atoms with Gasteiger partial charge in [-0.25, -0.2) is 0 Å². The number of aryl methyl sites for hydroxylation is 1. The molecule has 0 aliphatic carbocycles. The van der Waals surface area contributed by atoms with E-state index in [1.165, 1.54) is 6.42 Å². The second-order valence-corrected chi connectivity index (χ2v) is 6.16. The predicted molar refractivity (Wildman–Crippen MR) is 66.3 cm³/mol. The van der Waals surface area contributed by atoms with Gasteiger partial charge in [0, 0.05) is 11.5 Å². The average Bonchev–Trinajstić information content (AvgIpc) is 2.78. The normalized spacial score (nSPS) is 23.3. The minimum absolute atomic E-state index is 0.0456. The summed E-state index contributed by atoms with van der Waals surface area (Å²) in [4.78, 5) is 1.16. The molecule has 1 fully saturated rings. The van der Waals surface area contributed by atoms with E-state index in [0.29, 0.717) is 6.10 Å². The van der Waals surface area contributed by atoms with Gasteiger partial charge < -0.3 is 4.74 Å². The Balaban J connectivity index is 1.97. The first-order valence-corrected chi connectivity index (χ1v) is 6.81. The Bertz CT molecular complexity index is 312. The molecule has 0 spiro atoms. The number of ether oxygens (including phenoxy) is 1. The zero-order valence-corrected chi connectivity index (χ0v) is 11.0. The van der Waals surface area contributed by atoms with Gasteiger partial charge in [-0.1, -0.05) is 11.6 Å². The van der Waals surface area contributed by atoms with E-state index in [9.17, 15) is 0 Å². The van der Waals surface area contributed by atoms with E-state index in [4.69, 9.17) is 27.9 Å². The summed E-state index contributed by atoms with van der Waals surface area (Å²) < 4.78 is 6.42. The summed E-state index contributed by atoms with van der Waals surface area (Å²) in [6.45, 7) is 2.90. The van der Waals surface area contributed by atoms with E-state index in [1.54, 1.807) is 11.3 Å². The van der Waals surface area contributed by atoms with Crippen LogP contribution in [-0.4, -0.2) is 12.7 Å². The fourth-order valence-electron chi connectivity index (χ4n) is 1.82. The molecule has 0 aromatic carbocycles. The van der Waals surface area contributed by atoms with E-state index in [-0.39, 0.29) is 5.38 Å². The Morgan fingerprint density at radius 3 is 3.00 bits per heavy atom. The molecule has 0 radical (unpaired) electrons. The highest BCUT2D eigenvalue weighted by atomic mass is 35.5. The van der Waals surface area contributed by atoms with Crippen LogP contribution in [0, 0.1) is 6.92 Å². The SMILES string of the molecule is Cc1cc(C(Cl)CC2CCCO2)sc1Cl. The van der Waals surface area contributed by atoms with E-state index in [1.807, 2.05) is 6.92 Å². The van der Waals surface area contributed by atoms with Crippen LogP contribution >= 0.6 is 34.5 Å². The van der Waals surface area contributed by atoms with Crippen LogP contribution in [-0.2, 0) is 4.74 Å². The van der Waals surface area contributed by atoms with Gasteiger partial charge in [0.25, 0.3) is 0 Å². The van der Waals surface area contributed by atoms with Crippen LogP contribution in [0.4, 0.5) is 0 Å². The minimum atomic E-state index is 0.0456. The Morgan fingerprint density at radius 1 is 1.67 bits per heavy atom. The highest BCUT2D eigenvalue weighted by Gasteiger charge is 2.21. The zero-order chi connectivity index (χ0) is 10.8. The Kier molecular flexibility index (Phi) is 3.94. The van der Waals surface area contributed by atoms with Gasteiger partial charge >= 0.3 is 0 Å². The average molecular weight is 265 g/mol. The van der Waals surface area contributed by atoms with E-state index in [2.05, 4.69) is 6.07 Å². The number of rotatable bonds is 3. The standard InChI is InChI=1S/C11H14Cl2OS/c1-7-5-10(15-11(7)13)9(12)6-8-3-2-4-14-8/h5,8-9H,2-4,6H2,1H3. The maximum atomic E-state index is 6.34. The molecule has 1 aromatic rings. The lowest BCUT2D eigenvalue weighted by atomic mass is 10.1. The number of halogens is 2. The zero-order valence-electron chi connectivity index (χ0n) is 8.63. The smallest absolute Gasteiger partial charge is 0.0960 e. The molecule has 2 unspecified atom stereocenters. The lowest BCUT2D eigenvalue weighted by molar-refractivity contribution is 0.103. The van der Waals surface area contributed by atoms with Gasteiger partial charge in [-0.05, 0) is 37.8 Å². The molecule has 2 atom stereocenters. The molecule has 84 valence electrons. The van der Waals surface area contributed by atoms with Gasteiger partial charge in [0.05, 0.1) is 15.8 Å². The maximum absolute atomic E-state index is 6.34. The molecule has 1 nitrogen and oxygen atoms in total. The molecule has 1 aromatic heterocycles. The molecule has 0 bridgehead atoms. The van der Waals surface area contributed by atoms with Crippen molar-refractivity contribution in [3.63, 3.8) is 0 Å². The monoisotopic (exact) mass is 264 g/mol. The molecule has 0 amide bonds. The Hall–Kier alpha value is 0.240. The summed E-state index contributed by atoms with van der Waals surface area (Å²) in [6, 6.07) is 2.08. The number of alkyl halides is 1. The number of thiophene rings is 1. The van der Waals surface area contributed by atoms with Crippen molar-refractivity contribution in [2.45, 2.75) is 37.7 Å². The first-order valence-electron chi connectivity index (χ1n) is 5.18. The van der Waals surface area contributed by atoms with Crippen LogP contribution in [0.1, 0.15) is 35.1 Å². The van der Waals surface area contributed by atoms with Crippen molar-refractivity contribution in [1.82, 2.24) is 0 Å². The van der Waals surface area contributed by atoms with Crippen LogP contribution in [0.2, 0.25) is 4.34 Å². The second-order valence-electron chi connectivity index (χ2n) is 3.94. The highest BCUT2D eigenvalue weighted by molar-refractivity contribution is 7.16. The molecule has 1 saturated heterocycles. The van der Waals surface area contributed by atoms with E-state index in [0.717, 1.165) is 34.2 Å². The minimum Gasteiger partial charge on any atom is -0.378 e. The lowest BCUT2D eigenvalue weighted by Gasteiger charge is -2.12. The Labute approximate surface area is 104 Å². The fourth-order valence-corrected chi connectivity index (χ4v) is 3.42. The fraction of sp³-hybridized carbons (Fsp3) is 0.636. The van der Waals surface area contributed by atoms with Crippen molar-refractivity contribution in [2.75, 3.05) is 6.61 Å². The maximum Gasteiger partial charge on any atom is 0.0960 e. The molecule has 2 rings (SSSR count). The van der Waals surface area contributed by atoms with Crippen molar-refractivity contribution in [3.8, 4) is 0 Å². The van der Waals surface area contributed by atoms with Crippen molar-refractivity contribution in [1.29, 1.82) is 0 Å². The molecular formula is C11H14Cl2OS. The molecule has 0 N–H and O–H groups in total. The second kappa shape index (κ2) is 5.05. The molecule has 1 aliphatic rings. The Morgan fingerprint density at radius 2 is 2.47 bits per heavy atom. The van der Waals surface area contributed by atoms with Gasteiger partial charge in [-0.3, -0.25) is 0 Å². The lowest BCUT2D eigenvalue weighted by Crippen LogP contribution is -2.07. The first kappa shape index (κ1) is 11.7. The van der Waals surface area contributed by atoms with Crippen LogP contribution in [0.3, 0.4) is 0 Å². The summed E-state index contributed by atoms with van der Waals surface area (Å²) in [7, 11) is 0. The third-order valence-corrected chi connectivity index (χ3v) is 4.89. The van der Waals surface area contributed by atoms with Crippen LogP contribution in [0.25, 0.3) is 0 Å². The molecule has 0 saturated carbocycles. The van der Waals surface area contributed by atoms with E-state index >= 15 is 0 Å². The molecule has 4 heteroatoms. The summed E-state index contributed by atoms with van der Waals surface area (Å²) in [6.07, 6.45) is 3.55. The quantitative estimate of drug-likeness (QED) is 0.728. The van der Waals surface area contributed by atoms with Gasteiger partial charge in [-0.15, -0.1) is 22.9 Å².